The minimum atomic E-state index is 0.532. The number of aliphatic imine (C=N–C) groups is 1. The molecule has 2 heteroatoms. The zero-order valence-corrected chi connectivity index (χ0v) is 8.22. The lowest BCUT2D eigenvalue weighted by Gasteiger charge is -2.43. The normalized spacial score (nSPS) is 24.1. The van der Waals surface area contributed by atoms with Crippen LogP contribution in [0.2, 0.25) is 0 Å². The van der Waals surface area contributed by atoms with E-state index in [1.807, 2.05) is 6.08 Å². The predicted octanol–water partition coefficient (Wildman–Crippen LogP) is 2.71. The summed E-state index contributed by atoms with van der Waals surface area (Å²) in [4.78, 5) is 6.94. The van der Waals surface area contributed by atoms with E-state index < -0.39 is 0 Å². The topological polar surface area (TPSA) is 15.6 Å². The SMILES string of the molecule is C1=CC2=Nc3cccc4c3[C@@H](C4)N2C=C1. The lowest BCUT2D eigenvalue weighted by Crippen LogP contribution is -2.39. The van der Waals surface area contributed by atoms with E-state index >= 15 is 0 Å². The summed E-state index contributed by atoms with van der Waals surface area (Å²) in [5, 5.41) is 0. The Labute approximate surface area is 88.2 Å². The molecule has 0 saturated carbocycles. The molecule has 1 aromatic carbocycles. The number of hydrogen-bond acceptors (Lipinski definition) is 2. The van der Waals surface area contributed by atoms with Gasteiger partial charge in [0.1, 0.15) is 5.84 Å². The maximum absolute atomic E-state index is 4.66. The van der Waals surface area contributed by atoms with E-state index in [-0.39, 0.29) is 0 Å². The van der Waals surface area contributed by atoms with E-state index in [0.29, 0.717) is 6.04 Å². The minimum Gasteiger partial charge on any atom is -0.325 e. The van der Waals surface area contributed by atoms with Gasteiger partial charge in [-0.2, -0.15) is 0 Å². The second-order valence-corrected chi connectivity index (χ2v) is 4.15. The molecule has 1 aliphatic carbocycles. The van der Waals surface area contributed by atoms with Gasteiger partial charge < -0.3 is 4.90 Å². The highest BCUT2D eigenvalue weighted by Crippen LogP contribution is 2.47. The highest BCUT2D eigenvalue weighted by Gasteiger charge is 2.37. The van der Waals surface area contributed by atoms with Crippen molar-refractivity contribution in [3.05, 3.63) is 53.8 Å². The fourth-order valence-electron chi connectivity index (χ4n) is 2.60. The molecule has 3 aliphatic rings. The molecule has 2 aliphatic heterocycles. The van der Waals surface area contributed by atoms with Crippen LogP contribution in [0.3, 0.4) is 0 Å². The number of nitrogens with zero attached hydrogens (tertiary/aromatic N) is 2. The van der Waals surface area contributed by atoms with Crippen molar-refractivity contribution < 1.29 is 0 Å². The van der Waals surface area contributed by atoms with Crippen LogP contribution in [0.15, 0.2) is 47.6 Å². The average Bonchev–Trinajstić information content (AvgIpc) is 2.24. The van der Waals surface area contributed by atoms with Gasteiger partial charge in [-0.1, -0.05) is 18.2 Å². The second-order valence-electron chi connectivity index (χ2n) is 4.15. The Hall–Kier alpha value is -1.83. The van der Waals surface area contributed by atoms with Crippen LogP contribution in [0.4, 0.5) is 5.69 Å². The Kier molecular flexibility index (Phi) is 1.19. The third-order valence-corrected chi connectivity index (χ3v) is 3.36. The van der Waals surface area contributed by atoms with Crippen LogP contribution in [0.25, 0.3) is 0 Å². The summed E-state index contributed by atoms with van der Waals surface area (Å²) in [5.41, 5.74) is 4.06. The van der Waals surface area contributed by atoms with Gasteiger partial charge in [-0.15, -0.1) is 0 Å². The van der Waals surface area contributed by atoms with Crippen LogP contribution >= 0.6 is 0 Å². The van der Waals surface area contributed by atoms with E-state index in [9.17, 15) is 0 Å². The van der Waals surface area contributed by atoms with Gasteiger partial charge in [0.05, 0.1) is 11.7 Å². The highest BCUT2D eigenvalue weighted by atomic mass is 15.2. The monoisotopic (exact) mass is 194 g/mol. The molecular formula is C13H10N2. The maximum Gasteiger partial charge on any atom is 0.133 e. The van der Waals surface area contributed by atoms with Crippen molar-refractivity contribution in [3.63, 3.8) is 0 Å². The van der Waals surface area contributed by atoms with Gasteiger partial charge in [-0.05, 0) is 30.2 Å². The second kappa shape index (κ2) is 2.40. The summed E-state index contributed by atoms with van der Waals surface area (Å²) in [7, 11) is 0. The van der Waals surface area contributed by atoms with Crippen LogP contribution in [-0.2, 0) is 6.42 Å². The molecule has 2 heterocycles. The van der Waals surface area contributed by atoms with Crippen molar-refractivity contribution in [3.8, 4) is 0 Å². The molecule has 0 amide bonds. The molecular weight excluding hydrogens is 184 g/mol. The predicted molar refractivity (Wildman–Crippen MR) is 60.1 cm³/mol. The molecule has 0 aromatic heterocycles. The van der Waals surface area contributed by atoms with Crippen LogP contribution in [0, 0.1) is 0 Å². The number of allylic oxidation sites excluding steroid dienone is 2. The Morgan fingerprint density at radius 2 is 2.27 bits per heavy atom. The molecule has 0 radical (unpaired) electrons. The van der Waals surface area contributed by atoms with Gasteiger partial charge in [0.15, 0.2) is 0 Å². The number of benzene rings is 1. The summed E-state index contributed by atoms with van der Waals surface area (Å²) in [6, 6.07) is 6.96. The Morgan fingerprint density at radius 3 is 3.27 bits per heavy atom. The van der Waals surface area contributed by atoms with E-state index in [1.165, 1.54) is 11.1 Å². The molecule has 0 spiro atoms. The first-order chi connectivity index (χ1) is 7.43. The molecule has 1 atom stereocenters. The summed E-state index contributed by atoms with van der Waals surface area (Å²) in [5.74, 6) is 1.08. The van der Waals surface area contributed by atoms with Crippen molar-refractivity contribution in [2.75, 3.05) is 0 Å². The Bertz CT molecular complexity index is 537. The van der Waals surface area contributed by atoms with Gasteiger partial charge in [-0.25, -0.2) is 4.99 Å². The quantitative estimate of drug-likeness (QED) is 0.620. The first kappa shape index (κ1) is 7.46. The summed E-state index contributed by atoms with van der Waals surface area (Å²) < 4.78 is 0. The van der Waals surface area contributed by atoms with Crippen molar-refractivity contribution >= 4 is 11.5 Å². The Balaban J connectivity index is 1.98. The largest absolute Gasteiger partial charge is 0.325 e. The van der Waals surface area contributed by atoms with Gasteiger partial charge in [-0.3, -0.25) is 0 Å². The number of rotatable bonds is 0. The number of fused-ring (bicyclic) bond motifs is 2. The molecule has 72 valence electrons. The van der Waals surface area contributed by atoms with E-state index in [4.69, 9.17) is 0 Å². The average molecular weight is 194 g/mol. The zero-order valence-electron chi connectivity index (χ0n) is 8.22. The smallest absolute Gasteiger partial charge is 0.133 e. The number of amidine groups is 1. The standard InChI is InChI=1S/C13H10N2/c1-2-7-15-11-8-9-4-3-5-10(13(9)11)14-12(15)6-1/h1-7,11H,8H2/t11-/m1/s1. The number of hydrogen-bond donors (Lipinski definition) is 0. The van der Waals surface area contributed by atoms with Crippen LogP contribution in [-0.4, -0.2) is 10.7 Å². The third-order valence-electron chi connectivity index (χ3n) is 3.36. The van der Waals surface area contributed by atoms with Crippen molar-refractivity contribution in [1.82, 2.24) is 4.90 Å². The maximum atomic E-state index is 4.66. The first-order valence-corrected chi connectivity index (χ1v) is 5.27. The van der Waals surface area contributed by atoms with Crippen LogP contribution in [0.5, 0.6) is 0 Å². The summed E-state index contributed by atoms with van der Waals surface area (Å²) >= 11 is 0. The summed E-state index contributed by atoms with van der Waals surface area (Å²) in [6.45, 7) is 0. The van der Waals surface area contributed by atoms with Crippen molar-refractivity contribution in [1.29, 1.82) is 0 Å². The zero-order chi connectivity index (χ0) is 9.83. The van der Waals surface area contributed by atoms with Crippen LogP contribution in [0.1, 0.15) is 17.2 Å². The third kappa shape index (κ3) is 0.820. The van der Waals surface area contributed by atoms with E-state index in [2.05, 4.69) is 46.4 Å². The molecule has 1 aromatic rings. The fraction of sp³-hybridized carbons (Fsp3) is 0.154. The molecule has 15 heavy (non-hydrogen) atoms. The molecule has 0 bridgehead atoms. The van der Waals surface area contributed by atoms with Gasteiger partial charge >= 0.3 is 0 Å². The minimum absolute atomic E-state index is 0.532. The molecule has 0 N–H and O–H groups in total. The Morgan fingerprint density at radius 1 is 1.27 bits per heavy atom. The fourth-order valence-corrected chi connectivity index (χ4v) is 2.60. The lowest BCUT2D eigenvalue weighted by molar-refractivity contribution is 0.364. The van der Waals surface area contributed by atoms with Crippen molar-refractivity contribution in [2.24, 2.45) is 4.99 Å². The first-order valence-electron chi connectivity index (χ1n) is 5.27. The molecule has 0 fully saturated rings. The van der Waals surface area contributed by atoms with Crippen LogP contribution < -0.4 is 0 Å². The van der Waals surface area contributed by atoms with Gasteiger partial charge in [0.2, 0.25) is 0 Å². The molecule has 0 saturated heterocycles. The van der Waals surface area contributed by atoms with E-state index in [1.54, 1.807) is 0 Å². The molecule has 0 unspecified atom stereocenters. The molecule has 2 nitrogen and oxygen atoms in total. The molecule has 4 rings (SSSR count). The van der Waals surface area contributed by atoms with Gasteiger partial charge in [0.25, 0.3) is 0 Å². The van der Waals surface area contributed by atoms with Gasteiger partial charge in [0, 0.05) is 11.8 Å². The van der Waals surface area contributed by atoms with Crippen molar-refractivity contribution in [2.45, 2.75) is 12.5 Å². The highest BCUT2D eigenvalue weighted by molar-refractivity contribution is 5.99. The lowest BCUT2D eigenvalue weighted by atomic mass is 9.80. The summed E-state index contributed by atoms with van der Waals surface area (Å²) in [6.07, 6.45) is 9.48. The van der Waals surface area contributed by atoms with E-state index in [0.717, 1.165) is 17.9 Å².